The number of aliphatic carboxylic acids is 1. The minimum absolute atomic E-state index is 0.124. The van der Waals surface area contributed by atoms with E-state index in [1.165, 1.54) is 0 Å². The number of carboxylic acids is 1. The molecule has 21 heavy (non-hydrogen) atoms. The van der Waals surface area contributed by atoms with Gasteiger partial charge in [0.15, 0.2) is 0 Å². The van der Waals surface area contributed by atoms with Gasteiger partial charge in [-0.05, 0) is 43.4 Å². The second-order valence-electron chi connectivity index (χ2n) is 6.15. The molecule has 0 radical (unpaired) electrons. The van der Waals surface area contributed by atoms with Crippen LogP contribution in [0.2, 0.25) is 0 Å². The molecule has 2 fully saturated rings. The zero-order valence-corrected chi connectivity index (χ0v) is 11.7. The second kappa shape index (κ2) is 4.53. The average Bonchev–Trinajstić information content (AvgIpc) is 3.09. The largest absolute Gasteiger partial charge is 0.481 e. The molecule has 1 aromatic carbocycles. The number of pyridine rings is 1. The zero-order valence-electron chi connectivity index (χ0n) is 11.7. The topological polar surface area (TPSA) is 59.4 Å². The summed E-state index contributed by atoms with van der Waals surface area (Å²) < 4.78 is 5.84. The molecule has 4 heteroatoms. The van der Waals surface area contributed by atoms with Crippen molar-refractivity contribution in [2.45, 2.75) is 37.9 Å². The summed E-state index contributed by atoms with van der Waals surface area (Å²) in [5.41, 5.74) is 1.20. The molecule has 2 aromatic rings. The fraction of sp³-hybridized carbons (Fsp3) is 0.412. The fourth-order valence-corrected chi connectivity index (χ4v) is 3.94. The van der Waals surface area contributed by atoms with Crippen molar-refractivity contribution in [3.8, 4) is 0 Å². The number of carboxylic acid groups (broad SMARTS) is 1. The molecule has 0 saturated carbocycles. The SMILES string of the molecule is O=C(O)C1(Cc2ccnc3ccccc23)CC2CCC1O2. The predicted octanol–water partition coefficient (Wildman–Crippen LogP) is 2.80. The lowest BCUT2D eigenvalue weighted by Crippen LogP contribution is -2.42. The van der Waals surface area contributed by atoms with E-state index >= 15 is 0 Å². The van der Waals surface area contributed by atoms with Crippen molar-refractivity contribution < 1.29 is 14.6 Å². The summed E-state index contributed by atoms with van der Waals surface area (Å²) >= 11 is 0. The molecule has 0 aliphatic carbocycles. The first-order chi connectivity index (χ1) is 10.2. The fourth-order valence-electron chi connectivity index (χ4n) is 3.94. The van der Waals surface area contributed by atoms with E-state index in [1.807, 2.05) is 30.3 Å². The summed E-state index contributed by atoms with van der Waals surface area (Å²) in [5, 5.41) is 10.9. The summed E-state index contributed by atoms with van der Waals surface area (Å²) in [5.74, 6) is -0.726. The number of benzene rings is 1. The number of nitrogens with zero attached hydrogens (tertiary/aromatic N) is 1. The van der Waals surface area contributed by atoms with Crippen molar-refractivity contribution in [2.75, 3.05) is 0 Å². The van der Waals surface area contributed by atoms with Crippen molar-refractivity contribution in [3.05, 3.63) is 42.1 Å². The minimum Gasteiger partial charge on any atom is -0.481 e. The first-order valence-electron chi connectivity index (χ1n) is 7.40. The third-order valence-electron chi connectivity index (χ3n) is 4.99. The van der Waals surface area contributed by atoms with Crippen LogP contribution in [0.25, 0.3) is 10.9 Å². The number of fused-ring (bicyclic) bond motifs is 3. The van der Waals surface area contributed by atoms with Gasteiger partial charge < -0.3 is 9.84 Å². The van der Waals surface area contributed by atoms with Gasteiger partial charge in [0.05, 0.1) is 17.7 Å². The van der Waals surface area contributed by atoms with Gasteiger partial charge in [0, 0.05) is 11.6 Å². The van der Waals surface area contributed by atoms with Crippen LogP contribution < -0.4 is 0 Å². The maximum Gasteiger partial charge on any atom is 0.312 e. The van der Waals surface area contributed by atoms with E-state index in [1.54, 1.807) is 6.20 Å². The molecular weight excluding hydrogens is 266 g/mol. The number of hydrogen-bond acceptors (Lipinski definition) is 3. The van der Waals surface area contributed by atoms with Crippen molar-refractivity contribution in [1.82, 2.24) is 4.98 Å². The van der Waals surface area contributed by atoms with Crippen LogP contribution in [-0.2, 0) is 16.0 Å². The number of ether oxygens (including phenoxy) is 1. The van der Waals surface area contributed by atoms with E-state index in [0.717, 1.165) is 29.3 Å². The molecule has 2 bridgehead atoms. The monoisotopic (exact) mass is 283 g/mol. The smallest absolute Gasteiger partial charge is 0.312 e. The number of aromatic nitrogens is 1. The predicted molar refractivity (Wildman–Crippen MR) is 78.0 cm³/mol. The Hall–Kier alpha value is -1.94. The zero-order chi connectivity index (χ0) is 14.4. The molecule has 0 amide bonds. The Morgan fingerprint density at radius 3 is 2.90 bits per heavy atom. The van der Waals surface area contributed by atoms with Gasteiger partial charge in [-0.2, -0.15) is 0 Å². The van der Waals surface area contributed by atoms with E-state index in [0.29, 0.717) is 12.8 Å². The maximum atomic E-state index is 12.0. The lowest BCUT2D eigenvalue weighted by Gasteiger charge is -2.31. The highest BCUT2D eigenvalue weighted by Crippen LogP contribution is 2.50. The molecule has 3 unspecified atom stereocenters. The van der Waals surface area contributed by atoms with E-state index < -0.39 is 11.4 Å². The van der Waals surface area contributed by atoms with Gasteiger partial charge >= 0.3 is 5.97 Å². The molecule has 4 nitrogen and oxygen atoms in total. The van der Waals surface area contributed by atoms with E-state index in [2.05, 4.69) is 4.98 Å². The van der Waals surface area contributed by atoms with Crippen LogP contribution in [0.1, 0.15) is 24.8 Å². The number of carbonyl (C=O) groups is 1. The van der Waals surface area contributed by atoms with Crippen molar-refractivity contribution in [2.24, 2.45) is 5.41 Å². The number of rotatable bonds is 3. The van der Waals surface area contributed by atoms with Gasteiger partial charge in [-0.3, -0.25) is 9.78 Å². The quantitative estimate of drug-likeness (QED) is 0.941. The third-order valence-corrected chi connectivity index (χ3v) is 4.99. The van der Waals surface area contributed by atoms with Crippen LogP contribution >= 0.6 is 0 Å². The lowest BCUT2D eigenvalue weighted by molar-refractivity contribution is -0.152. The highest BCUT2D eigenvalue weighted by Gasteiger charge is 2.57. The molecule has 108 valence electrons. The Labute approximate surface area is 122 Å². The molecule has 2 aliphatic rings. The first kappa shape index (κ1) is 12.8. The molecule has 3 heterocycles. The molecule has 4 rings (SSSR count). The molecule has 3 atom stereocenters. The Morgan fingerprint density at radius 2 is 2.19 bits per heavy atom. The summed E-state index contributed by atoms with van der Waals surface area (Å²) in [6, 6.07) is 9.84. The number of para-hydroxylation sites is 1. The Kier molecular flexibility index (Phi) is 2.76. The van der Waals surface area contributed by atoms with Crippen LogP contribution in [0.5, 0.6) is 0 Å². The normalized spacial score (nSPS) is 30.9. The van der Waals surface area contributed by atoms with E-state index in [-0.39, 0.29) is 12.2 Å². The van der Waals surface area contributed by atoms with E-state index in [4.69, 9.17) is 4.74 Å². The molecule has 1 aromatic heterocycles. The Bertz CT molecular complexity index is 709. The average molecular weight is 283 g/mol. The van der Waals surface area contributed by atoms with Gasteiger partial charge in [-0.15, -0.1) is 0 Å². The van der Waals surface area contributed by atoms with Crippen LogP contribution in [-0.4, -0.2) is 28.3 Å². The van der Waals surface area contributed by atoms with Gasteiger partial charge in [-0.1, -0.05) is 18.2 Å². The second-order valence-corrected chi connectivity index (χ2v) is 6.15. The van der Waals surface area contributed by atoms with Gasteiger partial charge in [0.2, 0.25) is 0 Å². The molecule has 1 N–H and O–H groups in total. The molecule has 2 saturated heterocycles. The highest BCUT2D eigenvalue weighted by molar-refractivity contribution is 5.84. The van der Waals surface area contributed by atoms with Crippen LogP contribution in [0.4, 0.5) is 0 Å². The summed E-state index contributed by atoms with van der Waals surface area (Å²) in [7, 11) is 0. The highest BCUT2D eigenvalue weighted by atomic mass is 16.5. The van der Waals surface area contributed by atoms with Crippen LogP contribution in [0.15, 0.2) is 36.5 Å². The van der Waals surface area contributed by atoms with Crippen LogP contribution in [0, 0.1) is 5.41 Å². The Morgan fingerprint density at radius 1 is 1.33 bits per heavy atom. The maximum absolute atomic E-state index is 12.0. The Balaban J connectivity index is 1.78. The minimum atomic E-state index is -0.771. The van der Waals surface area contributed by atoms with Crippen molar-refractivity contribution in [3.63, 3.8) is 0 Å². The third kappa shape index (κ3) is 1.86. The summed E-state index contributed by atoms with van der Waals surface area (Å²) in [6.45, 7) is 0. The van der Waals surface area contributed by atoms with Crippen molar-refractivity contribution >= 4 is 16.9 Å². The molecule has 0 spiro atoms. The van der Waals surface area contributed by atoms with Crippen LogP contribution in [0.3, 0.4) is 0 Å². The van der Waals surface area contributed by atoms with Crippen molar-refractivity contribution in [1.29, 1.82) is 0 Å². The standard InChI is InChI=1S/C17H17NO3/c19-16(20)17(10-12-5-6-15(17)21-12)9-11-7-8-18-14-4-2-1-3-13(11)14/h1-4,7-8,12,15H,5-6,9-10H2,(H,19,20). The molecule has 2 aliphatic heterocycles. The van der Waals surface area contributed by atoms with Gasteiger partial charge in [0.25, 0.3) is 0 Å². The summed E-state index contributed by atoms with van der Waals surface area (Å²) in [4.78, 5) is 16.3. The molecular formula is C17H17NO3. The number of hydrogen-bond donors (Lipinski definition) is 1. The first-order valence-corrected chi connectivity index (χ1v) is 7.40. The lowest BCUT2D eigenvalue weighted by atomic mass is 9.70. The van der Waals surface area contributed by atoms with E-state index in [9.17, 15) is 9.90 Å². The summed E-state index contributed by atoms with van der Waals surface area (Å²) in [6.07, 6.45) is 4.75. The van der Waals surface area contributed by atoms with Gasteiger partial charge in [-0.25, -0.2) is 0 Å². The van der Waals surface area contributed by atoms with Gasteiger partial charge in [0.1, 0.15) is 5.41 Å².